The number of carbonyl (C=O) groups is 1. The van der Waals surface area contributed by atoms with Crippen LogP contribution in [0, 0.1) is 11.7 Å². The van der Waals surface area contributed by atoms with Crippen LogP contribution in [0.4, 0.5) is 8.78 Å². The van der Waals surface area contributed by atoms with Gasteiger partial charge in [-0.15, -0.1) is 0 Å². The van der Waals surface area contributed by atoms with Crippen molar-refractivity contribution >= 4 is 11.6 Å². The maximum atomic E-state index is 15.8. The highest BCUT2D eigenvalue weighted by atomic mass is 19.1. The topological polar surface area (TPSA) is 54.4 Å². The highest BCUT2D eigenvalue weighted by Crippen LogP contribution is 2.41. The van der Waals surface area contributed by atoms with E-state index in [2.05, 4.69) is 10.1 Å². The Labute approximate surface area is 206 Å². The summed E-state index contributed by atoms with van der Waals surface area (Å²) in [6, 6.07) is 4.40. The van der Waals surface area contributed by atoms with E-state index < -0.39 is 11.3 Å². The van der Waals surface area contributed by atoms with Crippen molar-refractivity contribution < 1.29 is 23.1 Å². The molecule has 35 heavy (non-hydrogen) atoms. The van der Waals surface area contributed by atoms with Crippen molar-refractivity contribution in [2.75, 3.05) is 39.8 Å². The Hall–Kier alpha value is -2.22. The number of oxime groups is 1. The Morgan fingerprint density at radius 2 is 1.83 bits per heavy atom. The number of piperidine rings is 2. The molecule has 3 aliphatic heterocycles. The third-order valence-corrected chi connectivity index (χ3v) is 8.50. The van der Waals surface area contributed by atoms with E-state index in [-0.39, 0.29) is 24.6 Å². The molecule has 0 N–H and O–H groups in total. The maximum absolute atomic E-state index is 15.8. The van der Waals surface area contributed by atoms with E-state index in [1.54, 1.807) is 11.0 Å². The summed E-state index contributed by atoms with van der Waals surface area (Å²) in [7, 11) is 1.47. The molecule has 1 amide bonds. The first-order chi connectivity index (χ1) is 16.9. The van der Waals surface area contributed by atoms with Crippen molar-refractivity contribution in [3.8, 4) is 5.75 Å². The van der Waals surface area contributed by atoms with E-state index in [9.17, 15) is 9.18 Å². The molecule has 1 saturated carbocycles. The fourth-order valence-corrected chi connectivity index (χ4v) is 6.40. The minimum absolute atomic E-state index is 0.278. The molecule has 0 bridgehead atoms. The molecule has 192 valence electrons. The van der Waals surface area contributed by atoms with Crippen molar-refractivity contribution in [1.29, 1.82) is 0 Å². The average molecular weight is 490 g/mol. The second kappa shape index (κ2) is 10.0. The van der Waals surface area contributed by atoms with Crippen LogP contribution in [0.5, 0.6) is 5.75 Å². The standard InChI is InChI=1S/C27H37F2N3O3/c1-34-30-23-18-26(35-24-8-7-21(28)17-22(23)24)9-15-32(16-10-26)25(33)27(29)11-13-31(14-12-27)19-20-5-3-2-4-6-20/h7-8,17,20H,2-6,9-16,18-19H2,1H3/b30-23+. The van der Waals surface area contributed by atoms with Crippen molar-refractivity contribution in [3.63, 3.8) is 0 Å². The van der Waals surface area contributed by atoms with Crippen LogP contribution in [0.2, 0.25) is 0 Å². The van der Waals surface area contributed by atoms with Crippen LogP contribution in [0.25, 0.3) is 0 Å². The van der Waals surface area contributed by atoms with E-state index in [1.807, 2.05) is 0 Å². The molecule has 0 aromatic heterocycles. The van der Waals surface area contributed by atoms with Gasteiger partial charge in [-0.25, -0.2) is 8.78 Å². The van der Waals surface area contributed by atoms with Gasteiger partial charge in [0.05, 0.1) is 5.71 Å². The van der Waals surface area contributed by atoms with E-state index >= 15 is 4.39 Å². The molecule has 1 aliphatic carbocycles. The first-order valence-electron chi connectivity index (χ1n) is 13.2. The lowest BCUT2D eigenvalue weighted by Crippen LogP contribution is -2.58. The second-order valence-electron chi connectivity index (χ2n) is 10.9. The monoisotopic (exact) mass is 489 g/mol. The van der Waals surface area contributed by atoms with E-state index in [0.717, 1.165) is 12.5 Å². The van der Waals surface area contributed by atoms with Gasteiger partial charge in [0.2, 0.25) is 0 Å². The molecule has 2 saturated heterocycles. The summed E-state index contributed by atoms with van der Waals surface area (Å²) in [5, 5.41) is 4.13. The normalized spacial score (nSPS) is 25.8. The molecule has 1 aromatic carbocycles. The lowest BCUT2D eigenvalue weighted by atomic mass is 9.81. The Bertz CT molecular complexity index is 947. The van der Waals surface area contributed by atoms with Gasteiger partial charge in [0.25, 0.3) is 5.91 Å². The smallest absolute Gasteiger partial charge is 0.260 e. The Kier molecular flexibility index (Phi) is 7.02. The number of amides is 1. The predicted molar refractivity (Wildman–Crippen MR) is 130 cm³/mol. The van der Waals surface area contributed by atoms with Crippen LogP contribution in [-0.2, 0) is 9.63 Å². The zero-order valence-electron chi connectivity index (χ0n) is 20.7. The van der Waals surface area contributed by atoms with Crippen LogP contribution in [0.15, 0.2) is 23.4 Å². The number of halogens is 2. The SMILES string of the molecule is CO/N=C1\CC2(CCN(C(=O)C3(F)CCN(CC4CCCCC4)CC3)CC2)Oc2ccc(F)cc21. The largest absolute Gasteiger partial charge is 0.486 e. The highest BCUT2D eigenvalue weighted by Gasteiger charge is 2.48. The summed E-state index contributed by atoms with van der Waals surface area (Å²) in [4.78, 5) is 22.3. The number of hydrogen-bond acceptors (Lipinski definition) is 5. The molecular weight excluding hydrogens is 452 g/mol. The highest BCUT2D eigenvalue weighted by molar-refractivity contribution is 6.04. The zero-order valence-corrected chi connectivity index (χ0v) is 20.7. The molecule has 6 nitrogen and oxygen atoms in total. The Morgan fingerprint density at radius 1 is 1.11 bits per heavy atom. The first kappa shape index (κ1) is 24.5. The minimum atomic E-state index is -1.77. The molecule has 3 heterocycles. The van der Waals surface area contributed by atoms with Gasteiger partial charge in [-0.2, -0.15) is 0 Å². The summed E-state index contributed by atoms with van der Waals surface area (Å²) in [6.07, 6.45) is 8.69. The minimum Gasteiger partial charge on any atom is -0.486 e. The lowest BCUT2D eigenvalue weighted by molar-refractivity contribution is -0.151. The van der Waals surface area contributed by atoms with E-state index in [1.165, 1.54) is 51.3 Å². The lowest BCUT2D eigenvalue weighted by Gasteiger charge is -2.46. The fourth-order valence-electron chi connectivity index (χ4n) is 6.40. The van der Waals surface area contributed by atoms with Gasteiger partial charge in [-0.05, 0) is 37.0 Å². The third kappa shape index (κ3) is 5.18. The number of benzene rings is 1. The zero-order chi connectivity index (χ0) is 24.5. The van der Waals surface area contributed by atoms with Gasteiger partial charge in [0.15, 0.2) is 5.67 Å². The van der Waals surface area contributed by atoms with Crippen molar-refractivity contribution in [1.82, 2.24) is 9.80 Å². The number of likely N-dealkylation sites (tertiary alicyclic amines) is 2. The number of carbonyl (C=O) groups excluding carboxylic acids is 1. The van der Waals surface area contributed by atoms with Crippen LogP contribution in [-0.4, -0.2) is 72.5 Å². The van der Waals surface area contributed by atoms with Gasteiger partial charge >= 0.3 is 0 Å². The fraction of sp³-hybridized carbons (Fsp3) is 0.704. The molecule has 1 aromatic rings. The average Bonchev–Trinajstić information content (AvgIpc) is 2.87. The molecule has 5 rings (SSSR count). The number of hydrogen-bond donors (Lipinski definition) is 0. The van der Waals surface area contributed by atoms with Crippen molar-refractivity contribution in [2.45, 2.75) is 75.5 Å². The number of ether oxygens (including phenoxy) is 1. The molecule has 4 aliphatic rings. The van der Waals surface area contributed by atoms with Crippen LogP contribution < -0.4 is 4.74 Å². The number of nitrogens with zero attached hydrogens (tertiary/aromatic N) is 3. The van der Waals surface area contributed by atoms with Gasteiger partial charge in [0.1, 0.15) is 24.3 Å². The summed E-state index contributed by atoms with van der Waals surface area (Å²) >= 11 is 0. The molecule has 0 atom stereocenters. The van der Waals surface area contributed by atoms with Crippen molar-refractivity contribution in [3.05, 3.63) is 29.6 Å². The summed E-state index contributed by atoms with van der Waals surface area (Å²) in [5.41, 5.74) is -1.08. The van der Waals surface area contributed by atoms with Crippen LogP contribution >= 0.6 is 0 Å². The van der Waals surface area contributed by atoms with Crippen molar-refractivity contribution in [2.24, 2.45) is 11.1 Å². The molecule has 1 spiro atoms. The van der Waals surface area contributed by atoms with Crippen LogP contribution in [0.1, 0.15) is 69.8 Å². The van der Waals surface area contributed by atoms with Gasteiger partial charge in [-0.1, -0.05) is 24.4 Å². The Balaban J connectivity index is 1.18. The van der Waals surface area contributed by atoms with Gasteiger partial charge in [0, 0.05) is 70.4 Å². The van der Waals surface area contributed by atoms with E-state index in [4.69, 9.17) is 9.57 Å². The molecular formula is C27H37F2N3O3. The summed E-state index contributed by atoms with van der Waals surface area (Å²) in [6.45, 7) is 3.23. The molecule has 0 unspecified atom stereocenters. The number of alkyl halides is 1. The molecule has 3 fully saturated rings. The predicted octanol–water partition coefficient (Wildman–Crippen LogP) is 4.70. The maximum Gasteiger partial charge on any atom is 0.260 e. The van der Waals surface area contributed by atoms with Crippen LogP contribution in [0.3, 0.4) is 0 Å². The van der Waals surface area contributed by atoms with Gasteiger partial charge in [-0.3, -0.25) is 4.79 Å². The van der Waals surface area contributed by atoms with Gasteiger partial charge < -0.3 is 19.4 Å². The number of fused-ring (bicyclic) bond motifs is 1. The Morgan fingerprint density at radius 3 is 2.51 bits per heavy atom. The quantitative estimate of drug-likeness (QED) is 0.575. The second-order valence-corrected chi connectivity index (χ2v) is 10.9. The number of rotatable bonds is 4. The third-order valence-electron chi connectivity index (χ3n) is 8.50. The molecule has 8 heteroatoms. The summed E-state index contributed by atoms with van der Waals surface area (Å²) < 4.78 is 36.0. The van der Waals surface area contributed by atoms with E-state index in [0.29, 0.717) is 62.5 Å². The molecule has 0 radical (unpaired) electrons. The summed E-state index contributed by atoms with van der Waals surface area (Å²) in [5.74, 6) is 0.577. The first-order valence-corrected chi connectivity index (χ1v) is 13.2.